The van der Waals surface area contributed by atoms with E-state index in [9.17, 15) is 14.7 Å². The Kier molecular flexibility index (Phi) is 7.35. The van der Waals surface area contributed by atoms with Gasteiger partial charge >= 0.3 is 0 Å². The van der Waals surface area contributed by atoms with Gasteiger partial charge in [0.15, 0.2) is 23.0 Å². The van der Waals surface area contributed by atoms with Gasteiger partial charge < -0.3 is 23.9 Å². The van der Waals surface area contributed by atoms with Crippen molar-refractivity contribution in [1.82, 2.24) is 4.90 Å². The number of aliphatic hydroxyl groups excluding tert-OH is 1. The van der Waals surface area contributed by atoms with E-state index < -0.39 is 23.5 Å². The average molecular weight is 474 g/mol. The zero-order valence-electron chi connectivity index (χ0n) is 19.6. The highest BCUT2D eigenvalue weighted by atomic mass is 16.5. The first-order valence-corrected chi connectivity index (χ1v) is 11.5. The highest BCUT2D eigenvalue weighted by Gasteiger charge is 2.43. The van der Waals surface area contributed by atoms with Gasteiger partial charge in [-0.25, -0.2) is 0 Å². The SMILES string of the molecule is CCOc1ccc(C2C(C(=O)C=Cc3ccccc3)=C(O)C(=O)N2Cc2ccco2)cc1OCC. The maximum absolute atomic E-state index is 13.3. The Labute approximate surface area is 203 Å². The van der Waals surface area contributed by atoms with Crippen LogP contribution in [0.5, 0.6) is 11.5 Å². The summed E-state index contributed by atoms with van der Waals surface area (Å²) in [7, 11) is 0. The van der Waals surface area contributed by atoms with E-state index in [4.69, 9.17) is 13.9 Å². The summed E-state index contributed by atoms with van der Waals surface area (Å²) in [5, 5.41) is 10.8. The molecule has 7 heteroatoms. The molecule has 35 heavy (non-hydrogen) atoms. The Bertz CT molecular complexity index is 1240. The van der Waals surface area contributed by atoms with Gasteiger partial charge in [-0.2, -0.15) is 0 Å². The third kappa shape index (κ3) is 5.14. The van der Waals surface area contributed by atoms with Crippen LogP contribution in [0, 0.1) is 0 Å². The van der Waals surface area contributed by atoms with Gasteiger partial charge in [-0.15, -0.1) is 0 Å². The zero-order chi connectivity index (χ0) is 24.8. The van der Waals surface area contributed by atoms with E-state index in [0.29, 0.717) is 36.0 Å². The summed E-state index contributed by atoms with van der Waals surface area (Å²) in [6.07, 6.45) is 4.54. The molecule has 0 fully saturated rings. The van der Waals surface area contributed by atoms with E-state index >= 15 is 0 Å². The first kappa shape index (κ1) is 23.9. The van der Waals surface area contributed by atoms with Crippen molar-refractivity contribution in [3.8, 4) is 11.5 Å². The maximum atomic E-state index is 13.3. The number of amides is 1. The zero-order valence-corrected chi connectivity index (χ0v) is 19.6. The summed E-state index contributed by atoms with van der Waals surface area (Å²) in [6.45, 7) is 4.69. The van der Waals surface area contributed by atoms with E-state index in [1.165, 1.54) is 17.2 Å². The van der Waals surface area contributed by atoms with Crippen LogP contribution < -0.4 is 9.47 Å². The van der Waals surface area contributed by atoms with Crippen molar-refractivity contribution >= 4 is 17.8 Å². The smallest absolute Gasteiger partial charge is 0.290 e. The van der Waals surface area contributed by atoms with E-state index in [0.717, 1.165) is 5.56 Å². The lowest BCUT2D eigenvalue weighted by Crippen LogP contribution is -2.30. The van der Waals surface area contributed by atoms with Crippen molar-refractivity contribution in [1.29, 1.82) is 0 Å². The van der Waals surface area contributed by atoms with Crippen LogP contribution in [-0.2, 0) is 16.1 Å². The van der Waals surface area contributed by atoms with Gasteiger partial charge in [0.1, 0.15) is 5.76 Å². The number of hydrogen-bond donors (Lipinski definition) is 1. The Balaban J connectivity index is 1.76. The maximum Gasteiger partial charge on any atom is 0.290 e. The van der Waals surface area contributed by atoms with E-state index in [2.05, 4.69) is 0 Å². The summed E-state index contributed by atoms with van der Waals surface area (Å²) >= 11 is 0. The molecule has 2 aromatic carbocycles. The molecule has 0 saturated heterocycles. The molecule has 0 saturated carbocycles. The van der Waals surface area contributed by atoms with Crippen LogP contribution in [0.25, 0.3) is 6.08 Å². The van der Waals surface area contributed by atoms with Crippen LogP contribution >= 0.6 is 0 Å². The Morgan fingerprint density at radius 1 is 1.03 bits per heavy atom. The monoisotopic (exact) mass is 473 g/mol. The van der Waals surface area contributed by atoms with Gasteiger partial charge in [0.25, 0.3) is 5.91 Å². The third-order valence-electron chi connectivity index (χ3n) is 5.59. The number of hydrogen-bond acceptors (Lipinski definition) is 6. The molecule has 3 aromatic rings. The van der Waals surface area contributed by atoms with E-state index in [1.807, 2.05) is 44.2 Å². The van der Waals surface area contributed by atoms with Crippen LogP contribution in [0.2, 0.25) is 0 Å². The van der Waals surface area contributed by atoms with Gasteiger partial charge in [0.05, 0.1) is 37.6 Å². The van der Waals surface area contributed by atoms with Gasteiger partial charge in [0.2, 0.25) is 0 Å². The number of benzene rings is 2. The predicted molar refractivity (Wildman–Crippen MR) is 131 cm³/mol. The van der Waals surface area contributed by atoms with Gasteiger partial charge in [-0.05, 0) is 55.3 Å². The second-order valence-electron chi connectivity index (χ2n) is 7.86. The molecule has 0 radical (unpaired) electrons. The second kappa shape index (κ2) is 10.8. The molecule has 180 valence electrons. The Morgan fingerprint density at radius 2 is 1.77 bits per heavy atom. The summed E-state index contributed by atoms with van der Waals surface area (Å²) in [4.78, 5) is 27.9. The van der Waals surface area contributed by atoms with Crippen molar-refractivity contribution in [2.75, 3.05) is 13.2 Å². The van der Waals surface area contributed by atoms with Gasteiger partial charge in [0, 0.05) is 0 Å². The minimum atomic E-state index is -0.838. The minimum Gasteiger partial charge on any atom is -0.503 e. The fourth-order valence-electron chi connectivity index (χ4n) is 4.05. The Morgan fingerprint density at radius 3 is 2.46 bits per heavy atom. The fraction of sp³-hybridized carbons (Fsp3) is 0.214. The molecule has 0 aliphatic carbocycles. The number of aliphatic hydroxyl groups is 1. The molecule has 7 nitrogen and oxygen atoms in total. The molecular formula is C28H27NO6. The topological polar surface area (TPSA) is 89.2 Å². The number of carbonyl (C=O) groups is 2. The van der Waals surface area contributed by atoms with Gasteiger partial charge in [-0.3, -0.25) is 9.59 Å². The summed E-state index contributed by atoms with van der Waals surface area (Å²) in [5.74, 6) is -0.0923. The lowest BCUT2D eigenvalue weighted by Gasteiger charge is -2.26. The molecule has 0 spiro atoms. The molecule has 2 heterocycles. The van der Waals surface area contributed by atoms with Crippen LogP contribution in [-0.4, -0.2) is 34.9 Å². The minimum absolute atomic E-state index is 0.000320. The van der Waals surface area contributed by atoms with E-state index in [-0.39, 0.29) is 12.1 Å². The lowest BCUT2D eigenvalue weighted by atomic mass is 9.95. The highest BCUT2D eigenvalue weighted by molar-refractivity contribution is 6.14. The summed E-state index contributed by atoms with van der Waals surface area (Å²) in [5.41, 5.74) is 1.44. The van der Waals surface area contributed by atoms with Crippen LogP contribution in [0.1, 0.15) is 36.8 Å². The number of furan rings is 1. The molecule has 1 unspecified atom stereocenters. The van der Waals surface area contributed by atoms with Crippen LogP contribution in [0.4, 0.5) is 0 Å². The average Bonchev–Trinajstić information content (AvgIpc) is 3.47. The molecule has 1 aliphatic rings. The number of carbonyl (C=O) groups excluding carboxylic acids is 2. The molecule has 4 rings (SSSR count). The third-order valence-corrected chi connectivity index (χ3v) is 5.59. The lowest BCUT2D eigenvalue weighted by molar-refractivity contribution is -0.130. The van der Waals surface area contributed by atoms with Gasteiger partial charge in [-0.1, -0.05) is 42.5 Å². The molecule has 1 amide bonds. The first-order valence-electron chi connectivity index (χ1n) is 11.5. The second-order valence-corrected chi connectivity index (χ2v) is 7.86. The molecule has 1 aromatic heterocycles. The van der Waals surface area contributed by atoms with Crippen LogP contribution in [0.15, 0.2) is 88.8 Å². The number of allylic oxidation sites excluding steroid dienone is 1. The number of ether oxygens (including phenoxy) is 2. The quantitative estimate of drug-likeness (QED) is 0.404. The molecular weight excluding hydrogens is 446 g/mol. The largest absolute Gasteiger partial charge is 0.503 e. The van der Waals surface area contributed by atoms with Crippen LogP contribution in [0.3, 0.4) is 0 Å². The van der Waals surface area contributed by atoms with E-state index in [1.54, 1.807) is 36.4 Å². The van der Waals surface area contributed by atoms with Crippen molar-refractivity contribution in [3.05, 3.63) is 101 Å². The fourth-order valence-corrected chi connectivity index (χ4v) is 4.05. The summed E-state index contributed by atoms with van der Waals surface area (Å²) in [6, 6.07) is 17.2. The number of ketones is 1. The highest BCUT2D eigenvalue weighted by Crippen LogP contribution is 2.42. The molecule has 1 atom stereocenters. The molecule has 1 aliphatic heterocycles. The number of rotatable bonds is 10. The standard InChI is InChI=1S/C28H27NO6/c1-3-33-23-15-13-20(17-24(23)34-4-2)26-25(22(30)14-12-19-9-6-5-7-10-19)27(31)28(32)29(26)18-21-11-8-16-35-21/h5-17,26,31H,3-4,18H2,1-2H3. The van der Waals surface area contributed by atoms with Crippen molar-refractivity contribution in [3.63, 3.8) is 0 Å². The van der Waals surface area contributed by atoms with Crippen molar-refractivity contribution in [2.24, 2.45) is 0 Å². The predicted octanol–water partition coefficient (Wildman–Crippen LogP) is 5.26. The summed E-state index contributed by atoms with van der Waals surface area (Å²) < 4.78 is 16.9. The normalized spacial score (nSPS) is 15.8. The Hall–Kier alpha value is -4.26. The molecule has 0 bridgehead atoms. The van der Waals surface area contributed by atoms with Crippen molar-refractivity contribution < 1.29 is 28.6 Å². The number of nitrogens with zero attached hydrogens (tertiary/aromatic N) is 1. The first-order chi connectivity index (χ1) is 17.0. The van der Waals surface area contributed by atoms with Crippen molar-refractivity contribution in [2.45, 2.75) is 26.4 Å². The molecule has 1 N–H and O–H groups in total.